The average molecular weight is 271 g/mol. The Balaban J connectivity index is 1.73. The zero-order valence-electron chi connectivity index (χ0n) is 11.8. The summed E-state index contributed by atoms with van der Waals surface area (Å²) in [7, 11) is 0. The number of H-pyrrole nitrogens is 1. The molecule has 1 amide bonds. The minimum atomic E-state index is 0.101. The number of para-hydroxylation sites is 1. The summed E-state index contributed by atoms with van der Waals surface area (Å²) >= 11 is 0. The van der Waals surface area contributed by atoms with E-state index in [0.717, 1.165) is 36.8 Å². The van der Waals surface area contributed by atoms with E-state index in [9.17, 15) is 4.79 Å². The number of carbonyl (C=O) groups excluding carboxylic acids is 1. The summed E-state index contributed by atoms with van der Waals surface area (Å²) < 4.78 is 0. The first-order valence-corrected chi connectivity index (χ1v) is 7.28. The summed E-state index contributed by atoms with van der Waals surface area (Å²) in [5, 5.41) is 1.08. The van der Waals surface area contributed by atoms with Gasteiger partial charge in [0.2, 0.25) is 0 Å². The standard InChI is InChI=1S/C16H21N3O/c1-11(17)12-6-8-19(9-7-12)16(20)15-10-13-4-2-3-5-14(13)18-15/h2-5,10-12,18H,6-9,17H2,1H3. The van der Waals surface area contributed by atoms with E-state index in [2.05, 4.69) is 11.9 Å². The second-order valence-electron chi connectivity index (χ2n) is 5.76. The second kappa shape index (κ2) is 5.29. The molecule has 1 aliphatic rings. The maximum absolute atomic E-state index is 12.5. The van der Waals surface area contributed by atoms with E-state index in [1.54, 1.807) is 0 Å². The maximum atomic E-state index is 12.5. The number of nitrogens with zero attached hydrogens (tertiary/aromatic N) is 1. The fraction of sp³-hybridized carbons (Fsp3) is 0.438. The smallest absolute Gasteiger partial charge is 0.270 e. The van der Waals surface area contributed by atoms with Gasteiger partial charge in [0.15, 0.2) is 0 Å². The molecule has 0 aliphatic carbocycles. The van der Waals surface area contributed by atoms with Gasteiger partial charge in [-0.15, -0.1) is 0 Å². The largest absolute Gasteiger partial charge is 0.351 e. The predicted molar refractivity (Wildman–Crippen MR) is 80.6 cm³/mol. The molecule has 1 atom stereocenters. The van der Waals surface area contributed by atoms with Gasteiger partial charge in [0, 0.05) is 30.0 Å². The first kappa shape index (κ1) is 13.2. The van der Waals surface area contributed by atoms with Gasteiger partial charge in [-0.2, -0.15) is 0 Å². The van der Waals surface area contributed by atoms with Crippen molar-refractivity contribution in [1.29, 1.82) is 0 Å². The molecule has 106 valence electrons. The maximum Gasteiger partial charge on any atom is 0.270 e. The summed E-state index contributed by atoms with van der Waals surface area (Å²) in [5.41, 5.74) is 7.64. The van der Waals surface area contributed by atoms with Gasteiger partial charge in [-0.05, 0) is 37.8 Å². The van der Waals surface area contributed by atoms with Crippen LogP contribution in [0.2, 0.25) is 0 Å². The van der Waals surface area contributed by atoms with Gasteiger partial charge in [0.1, 0.15) is 5.69 Å². The molecule has 1 fully saturated rings. The van der Waals surface area contributed by atoms with Gasteiger partial charge in [0.05, 0.1) is 0 Å². The Labute approximate surface area is 118 Å². The Bertz CT molecular complexity index is 576. The molecule has 1 aromatic carbocycles. The molecule has 0 radical (unpaired) electrons. The zero-order chi connectivity index (χ0) is 14.1. The van der Waals surface area contributed by atoms with Crippen molar-refractivity contribution in [3.8, 4) is 0 Å². The van der Waals surface area contributed by atoms with Crippen molar-refractivity contribution in [3.05, 3.63) is 36.0 Å². The van der Waals surface area contributed by atoms with Crippen molar-refractivity contribution < 1.29 is 4.79 Å². The molecule has 1 aromatic heterocycles. The van der Waals surface area contributed by atoms with E-state index in [1.165, 1.54) is 0 Å². The molecule has 20 heavy (non-hydrogen) atoms. The van der Waals surface area contributed by atoms with Crippen LogP contribution < -0.4 is 5.73 Å². The lowest BCUT2D eigenvalue weighted by Crippen LogP contribution is -2.42. The summed E-state index contributed by atoms with van der Waals surface area (Å²) in [4.78, 5) is 17.7. The SMILES string of the molecule is CC(N)C1CCN(C(=O)c2cc3ccccc3[nH]2)CC1. The molecule has 0 spiro atoms. The van der Waals surface area contributed by atoms with Crippen LogP contribution in [0.25, 0.3) is 10.9 Å². The lowest BCUT2D eigenvalue weighted by molar-refractivity contribution is 0.0676. The highest BCUT2D eigenvalue weighted by Crippen LogP contribution is 2.22. The molecule has 2 heterocycles. The van der Waals surface area contributed by atoms with Gasteiger partial charge < -0.3 is 15.6 Å². The summed E-state index contributed by atoms with van der Waals surface area (Å²) in [6, 6.07) is 10.1. The first-order valence-electron chi connectivity index (χ1n) is 7.28. The van der Waals surface area contributed by atoms with Crippen LogP contribution >= 0.6 is 0 Å². The molecule has 1 saturated heterocycles. The fourth-order valence-electron chi connectivity index (χ4n) is 2.99. The van der Waals surface area contributed by atoms with Crippen molar-refractivity contribution in [2.45, 2.75) is 25.8 Å². The topological polar surface area (TPSA) is 62.1 Å². The van der Waals surface area contributed by atoms with Gasteiger partial charge in [-0.25, -0.2) is 0 Å². The van der Waals surface area contributed by atoms with Crippen LogP contribution in [0.5, 0.6) is 0 Å². The van der Waals surface area contributed by atoms with E-state index in [0.29, 0.717) is 11.6 Å². The van der Waals surface area contributed by atoms with Crippen molar-refractivity contribution in [2.75, 3.05) is 13.1 Å². The van der Waals surface area contributed by atoms with Crippen LogP contribution in [0.1, 0.15) is 30.3 Å². The van der Waals surface area contributed by atoms with Crippen LogP contribution in [-0.2, 0) is 0 Å². The molecular formula is C16H21N3O. The predicted octanol–water partition coefficient (Wildman–Crippen LogP) is 2.37. The molecule has 1 unspecified atom stereocenters. The molecule has 0 saturated carbocycles. The van der Waals surface area contributed by atoms with Crippen LogP contribution in [-0.4, -0.2) is 34.9 Å². The Morgan fingerprint density at radius 3 is 2.70 bits per heavy atom. The molecule has 1 aliphatic heterocycles. The Morgan fingerprint density at radius 2 is 2.05 bits per heavy atom. The van der Waals surface area contributed by atoms with Crippen LogP contribution in [0, 0.1) is 5.92 Å². The zero-order valence-corrected chi connectivity index (χ0v) is 11.8. The number of aromatic nitrogens is 1. The second-order valence-corrected chi connectivity index (χ2v) is 5.76. The van der Waals surface area contributed by atoms with E-state index in [1.807, 2.05) is 35.2 Å². The highest BCUT2D eigenvalue weighted by molar-refractivity contribution is 5.98. The Hall–Kier alpha value is -1.81. The van der Waals surface area contributed by atoms with E-state index in [4.69, 9.17) is 5.73 Å². The third-order valence-electron chi connectivity index (χ3n) is 4.33. The number of fused-ring (bicyclic) bond motifs is 1. The number of hydrogen-bond acceptors (Lipinski definition) is 2. The van der Waals surface area contributed by atoms with Gasteiger partial charge in [-0.3, -0.25) is 4.79 Å². The minimum absolute atomic E-state index is 0.101. The molecule has 2 aromatic rings. The molecule has 4 heteroatoms. The number of likely N-dealkylation sites (tertiary alicyclic amines) is 1. The number of amides is 1. The number of rotatable bonds is 2. The fourth-order valence-corrected chi connectivity index (χ4v) is 2.99. The van der Waals surface area contributed by atoms with E-state index < -0.39 is 0 Å². The molecular weight excluding hydrogens is 250 g/mol. The number of hydrogen-bond donors (Lipinski definition) is 2. The molecule has 3 N–H and O–H groups in total. The van der Waals surface area contributed by atoms with Crippen LogP contribution in [0.4, 0.5) is 0 Å². The highest BCUT2D eigenvalue weighted by atomic mass is 16.2. The quantitative estimate of drug-likeness (QED) is 0.881. The highest BCUT2D eigenvalue weighted by Gasteiger charge is 2.26. The van der Waals surface area contributed by atoms with Crippen molar-refractivity contribution in [3.63, 3.8) is 0 Å². The van der Waals surface area contributed by atoms with Gasteiger partial charge in [-0.1, -0.05) is 18.2 Å². The van der Waals surface area contributed by atoms with Crippen LogP contribution in [0.15, 0.2) is 30.3 Å². The molecule has 0 bridgehead atoms. The van der Waals surface area contributed by atoms with Crippen LogP contribution in [0.3, 0.4) is 0 Å². The third kappa shape index (κ3) is 2.43. The lowest BCUT2D eigenvalue weighted by atomic mass is 9.91. The van der Waals surface area contributed by atoms with Crippen molar-refractivity contribution >= 4 is 16.8 Å². The summed E-state index contributed by atoms with van der Waals surface area (Å²) in [6.45, 7) is 3.67. The van der Waals surface area contributed by atoms with Gasteiger partial charge >= 0.3 is 0 Å². The summed E-state index contributed by atoms with van der Waals surface area (Å²) in [5.74, 6) is 0.645. The molecule has 4 nitrogen and oxygen atoms in total. The molecule has 3 rings (SSSR count). The lowest BCUT2D eigenvalue weighted by Gasteiger charge is -2.33. The number of nitrogens with two attached hydrogens (primary N) is 1. The number of aromatic amines is 1. The number of carbonyl (C=O) groups is 1. The average Bonchev–Trinajstić information content (AvgIpc) is 2.90. The normalized spacial score (nSPS) is 18.4. The van der Waals surface area contributed by atoms with Crippen molar-refractivity contribution in [2.24, 2.45) is 11.7 Å². The van der Waals surface area contributed by atoms with Gasteiger partial charge in [0.25, 0.3) is 5.91 Å². The number of piperidine rings is 1. The monoisotopic (exact) mass is 271 g/mol. The van der Waals surface area contributed by atoms with Crippen molar-refractivity contribution in [1.82, 2.24) is 9.88 Å². The van der Waals surface area contributed by atoms with E-state index in [-0.39, 0.29) is 11.9 Å². The number of benzene rings is 1. The minimum Gasteiger partial charge on any atom is -0.351 e. The Kier molecular flexibility index (Phi) is 3.49. The Morgan fingerprint density at radius 1 is 1.35 bits per heavy atom. The number of nitrogens with one attached hydrogen (secondary N) is 1. The van der Waals surface area contributed by atoms with E-state index >= 15 is 0 Å². The third-order valence-corrected chi connectivity index (χ3v) is 4.33. The first-order chi connectivity index (χ1) is 9.65. The summed E-state index contributed by atoms with van der Waals surface area (Å²) in [6.07, 6.45) is 2.01.